The lowest BCUT2D eigenvalue weighted by Gasteiger charge is -1.63. The van der Waals surface area contributed by atoms with E-state index in [0.29, 0.717) is 0 Å². The molecule has 0 heterocycles. The van der Waals surface area contributed by atoms with Crippen LogP contribution in [0.1, 0.15) is 6.92 Å². The summed E-state index contributed by atoms with van der Waals surface area (Å²) in [6.45, 7) is 1.91. The van der Waals surface area contributed by atoms with E-state index in [1.807, 2.05) is 13.0 Å². The van der Waals surface area contributed by atoms with Crippen LogP contribution in [0.2, 0.25) is 0 Å². The van der Waals surface area contributed by atoms with Gasteiger partial charge in [0.05, 0.1) is 0 Å². The van der Waals surface area contributed by atoms with Gasteiger partial charge >= 0.3 is 0 Å². The average molecular weight is 93.1 g/mol. The highest BCUT2D eigenvalue weighted by Gasteiger charge is 1.52. The molecular formula is C6H7N. The highest BCUT2D eigenvalue weighted by Crippen LogP contribution is 1.62. The van der Waals surface area contributed by atoms with Crippen LogP contribution in [0.15, 0.2) is 17.1 Å². The van der Waals surface area contributed by atoms with Gasteiger partial charge in [-0.1, -0.05) is 12.5 Å². The standard InChI is InChI=1S/C6H7N/c1-3-5-6-7-4-2/h2-3,5-6H,1H3/b5-3-,7-6-. The molecule has 0 aromatic heterocycles. The quantitative estimate of drug-likeness (QED) is 0.341. The number of nitrogens with zero attached hydrogens (tertiary/aromatic N) is 1. The van der Waals surface area contributed by atoms with Gasteiger partial charge in [0.2, 0.25) is 0 Å². The molecule has 0 spiro atoms. The van der Waals surface area contributed by atoms with Crippen molar-refractivity contribution in [3.8, 4) is 12.5 Å². The van der Waals surface area contributed by atoms with Gasteiger partial charge in [0.15, 0.2) is 0 Å². The van der Waals surface area contributed by atoms with Crippen LogP contribution in [0.25, 0.3) is 0 Å². The van der Waals surface area contributed by atoms with Crippen LogP contribution in [-0.2, 0) is 0 Å². The van der Waals surface area contributed by atoms with E-state index in [4.69, 9.17) is 6.42 Å². The Bertz CT molecular complexity index is 115. The van der Waals surface area contributed by atoms with Crippen LogP contribution in [0.3, 0.4) is 0 Å². The van der Waals surface area contributed by atoms with E-state index >= 15 is 0 Å². The predicted molar refractivity (Wildman–Crippen MR) is 32.1 cm³/mol. The molecule has 0 aromatic carbocycles. The summed E-state index contributed by atoms with van der Waals surface area (Å²) in [7, 11) is 0. The number of terminal acetylenes is 1. The van der Waals surface area contributed by atoms with Crippen molar-refractivity contribution in [1.29, 1.82) is 0 Å². The van der Waals surface area contributed by atoms with Crippen LogP contribution in [0, 0.1) is 12.5 Å². The van der Waals surface area contributed by atoms with Gasteiger partial charge in [-0.2, -0.15) is 0 Å². The smallest absolute Gasteiger partial charge is 0.0372 e. The van der Waals surface area contributed by atoms with Crippen LogP contribution >= 0.6 is 0 Å². The third-order valence-corrected chi connectivity index (χ3v) is 0.428. The Kier molecular flexibility index (Phi) is 4.24. The molecule has 0 bridgehead atoms. The summed E-state index contributed by atoms with van der Waals surface area (Å²) < 4.78 is 0. The van der Waals surface area contributed by atoms with Gasteiger partial charge in [-0.3, -0.25) is 0 Å². The van der Waals surface area contributed by atoms with Gasteiger partial charge in [-0.05, 0) is 13.0 Å². The summed E-state index contributed by atoms with van der Waals surface area (Å²) >= 11 is 0. The molecule has 0 fully saturated rings. The summed E-state index contributed by atoms with van der Waals surface area (Å²) in [5.41, 5.74) is 0. The van der Waals surface area contributed by atoms with E-state index in [-0.39, 0.29) is 0 Å². The molecule has 36 valence electrons. The lowest BCUT2D eigenvalue weighted by Crippen LogP contribution is -1.56. The summed E-state index contributed by atoms with van der Waals surface area (Å²) in [5.74, 6) is 0. The average Bonchev–Trinajstić information content (AvgIpc) is 1.69. The summed E-state index contributed by atoms with van der Waals surface area (Å²) in [5, 5.41) is 0. The number of aliphatic imine (C=N–C) groups is 1. The molecule has 1 heteroatoms. The molecule has 0 radical (unpaired) electrons. The fourth-order valence-corrected chi connectivity index (χ4v) is 0.172. The minimum atomic E-state index is 1.57. The third-order valence-electron chi connectivity index (χ3n) is 0.428. The van der Waals surface area contributed by atoms with Gasteiger partial charge in [0.1, 0.15) is 0 Å². The fourth-order valence-electron chi connectivity index (χ4n) is 0.172. The molecule has 0 N–H and O–H groups in total. The van der Waals surface area contributed by atoms with Crippen molar-refractivity contribution >= 4 is 6.21 Å². The minimum absolute atomic E-state index is 1.57. The Hall–Kier alpha value is -1.03. The molecular weight excluding hydrogens is 86.1 g/mol. The molecule has 1 nitrogen and oxygen atoms in total. The lowest BCUT2D eigenvalue weighted by molar-refractivity contribution is 1.71. The fraction of sp³-hybridized carbons (Fsp3) is 0.167. The maximum Gasteiger partial charge on any atom is 0.0372 e. The van der Waals surface area contributed by atoms with Gasteiger partial charge in [0, 0.05) is 12.3 Å². The van der Waals surface area contributed by atoms with Crippen molar-refractivity contribution in [3.05, 3.63) is 12.2 Å². The van der Waals surface area contributed by atoms with Gasteiger partial charge < -0.3 is 0 Å². The van der Waals surface area contributed by atoms with Crippen molar-refractivity contribution < 1.29 is 0 Å². The largest absolute Gasteiger partial charge is 0.206 e. The summed E-state index contributed by atoms with van der Waals surface area (Å²) in [6, 6.07) is 2.12. The maximum absolute atomic E-state index is 4.79. The first-order chi connectivity index (χ1) is 3.41. The van der Waals surface area contributed by atoms with Crippen molar-refractivity contribution in [1.82, 2.24) is 0 Å². The van der Waals surface area contributed by atoms with Gasteiger partial charge in [0.25, 0.3) is 0 Å². The van der Waals surface area contributed by atoms with Crippen molar-refractivity contribution in [2.24, 2.45) is 4.99 Å². The highest BCUT2D eigenvalue weighted by molar-refractivity contribution is 5.71. The first-order valence-corrected chi connectivity index (χ1v) is 2.01. The monoisotopic (exact) mass is 93.1 g/mol. The molecule has 0 aliphatic rings. The molecule has 0 aliphatic carbocycles. The minimum Gasteiger partial charge on any atom is -0.206 e. The Balaban J connectivity index is 3.33. The number of rotatable bonds is 1. The second-order valence-corrected chi connectivity index (χ2v) is 0.933. The van der Waals surface area contributed by atoms with Crippen LogP contribution in [-0.4, -0.2) is 6.21 Å². The van der Waals surface area contributed by atoms with E-state index in [1.54, 1.807) is 12.3 Å². The predicted octanol–water partition coefficient (Wildman–Crippen LogP) is 1.22. The lowest BCUT2D eigenvalue weighted by atomic mass is 10.6. The SMILES string of the molecule is C#C/N=C\C=C/C. The van der Waals surface area contributed by atoms with E-state index < -0.39 is 0 Å². The van der Waals surface area contributed by atoms with Crippen LogP contribution in [0.4, 0.5) is 0 Å². The van der Waals surface area contributed by atoms with E-state index in [2.05, 4.69) is 11.0 Å². The second kappa shape index (κ2) is 4.97. The van der Waals surface area contributed by atoms with Crippen LogP contribution in [0.5, 0.6) is 0 Å². The molecule has 0 unspecified atom stereocenters. The summed E-state index contributed by atoms with van der Waals surface area (Å²) in [6.07, 6.45) is 10.00. The topological polar surface area (TPSA) is 12.4 Å². The molecule has 0 amide bonds. The first kappa shape index (κ1) is 5.97. The van der Waals surface area contributed by atoms with Crippen LogP contribution < -0.4 is 0 Å². The Morgan fingerprint density at radius 2 is 2.43 bits per heavy atom. The van der Waals surface area contributed by atoms with Crippen molar-refractivity contribution in [3.63, 3.8) is 0 Å². The highest BCUT2D eigenvalue weighted by atomic mass is 14.6. The van der Waals surface area contributed by atoms with E-state index in [1.165, 1.54) is 0 Å². The molecule has 7 heavy (non-hydrogen) atoms. The van der Waals surface area contributed by atoms with Crippen molar-refractivity contribution in [2.45, 2.75) is 6.92 Å². The summed E-state index contributed by atoms with van der Waals surface area (Å²) in [4.78, 5) is 3.48. The zero-order chi connectivity index (χ0) is 5.54. The number of hydrogen-bond acceptors (Lipinski definition) is 1. The van der Waals surface area contributed by atoms with Crippen molar-refractivity contribution in [2.75, 3.05) is 0 Å². The molecule has 0 saturated heterocycles. The second-order valence-electron chi connectivity index (χ2n) is 0.933. The van der Waals surface area contributed by atoms with E-state index in [9.17, 15) is 0 Å². The Labute approximate surface area is 43.8 Å². The zero-order valence-corrected chi connectivity index (χ0v) is 4.26. The molecule has 0 rings (SSSR count). The molecule has 0 atom stereocenters. The number of allylic oxidation sites excluding steroid dienone is 2. The zero-order valence-electron chi connectivity index (χ0n) is 4.26. The molecule has 0 aromatic rings. The number of hydrogen-bond donors (Lipinski definition) is 0. The molecule has 0 aliphatic heterocycles. The van der Waals surface area contributed by atoms with E-state index in [0.717, 1.165) is 0 Å². The van der Waals surface area contributed by atoms with Gasteiger partial charge in [-0.15, -0.1) is 0 Å². The molecule has 0 saturated carbocycles. The first-order valence-electron chi connectivity index (χ1n) is 2.01. The maximum atomic E-state index is 4.79. The normalized spacial score (nSPS) is 10.3. The Morgan fingerprint density at radius 1 is 1.71 bits per heavy atom. The Morgan fingerprint density at radius 3 is 2.86 bits per heavy atom. The third kappa shape index (κ3) is 4.97. The van der Waals surface area contributed by atoms with Gasteiger partial charge in [-0.25, -0.2) is 4.99 Å².